The number of aromatic nitrogens is 1. The molecule has 0 bridgehead atoms. The van der Waals surface area contributed by atoms with Crippen LogP contribution >= 0.6 is 0 Å². The molecule has 32 heavy (non-hydrogen) atoms. The van der Waals surface area contributed by atoms with Crippen LogP contribution in [0, 0.1) is 12.3 Å². The number of sulfonamides is 1. The van der Waals surface area contributed by atoms with Crippen molar-refractivity contribution in [1.29, 1.82) is 0 Å². The maximum atomic E-state index is 13.3. The molecule has 2 heterocycles. The predicted octanol–water partition coefficient (Wildman–Crippen LogP) is 2.28. The highest BCUT2D eigenvalue weighted by Gasteiger charge is 2.48. The predicted molar refractivity (Wildman–Crippen MR) is 117 cm³/mol. The van der Waals surface area contributed by atoms with Crippen LogP contribution in [0.5, 0.6) is 0 Å². The second-order valence-corrected chi connectivity index (χ2v) is 12.1. The second-order valence-electron chi connectivity index (χ2n) is 10.3. The summed E-state index contributed by atoms with van der Waals surface area (Å²) < 4.78 is 35.3. The third-order valence-corrected chi connectivity index (χ3v) is 7.44. The summed E-state index contributed by atoms with van der Waals surface area (Å²) in [6.07, 6.45) is 6.11. The third-order valence-electron chi connectivity index (χ3n) is 5.65. The zero-order valence-electron chi connectivity index (χ0n) is 19.0. The first-order valence-electron chi connectivity index (χ1n) is 10.6. The van der Waals surface area contributed by atoms with Crippen molar-refractivity contribution >= 4 is 27.7 Å². The summed E-state index contributed by atoms with van der Waals surface area (Å²) in [5, 5.41) is 2.82. The molecule has 0 aromatic carbocycles. The van der Waals surface area contributed by atoms with E-state index in [-0.39, 0.29) is 17.5 Å². The molecule has 0 spiro atoms. The van der Waals surface area contributed by atoms with E-state index < -0.39 is 32.8 Å². The molecule has 1 aliphatic heterocycles. The molecular formula is C22H29N4O5S+. The molecule has 0 radical (unpaired) electrons. The molecule has 3 aliphatic rings. The van der Waals surface area contributed by atoms with Crippen molar-refractivity contribution in [1.82, 2.24) is 14.8 Å². The number of aryl methyl sites for hydroxylation is 1. The van der Waals surface area contributed by atoms with Gasteiger partial charge in [0, 0.05) is 11.6 Å². The summed E-state index contributed by atoms with van der Waals surface area (Å²) in [6, 6.07) is 1.19. The highest BCUT2D eigenvalue weighted by molar-refractivity contribution is 7.90. The molecule has 1 saturated carbocycles. The number of allylic oxidation sites excluding steroid dienone is 1. The first-order chi connectivity index (χ1) is 14.8. The first-order valence-corrected chi connectivity index (χ1v) is 12.2. The molecule has 4 rings (SSSR count). The Morgan fingerprint density at radius 1 is 1.31 bits per heavy atom. The Labute approximate surface area is 187 Å². The monoisotopic (exact) mass is 461 g/mol. The normalized spacial score (nSPS) is 22.8. The van der Waals surface area contributed by atoms with Crippen molar-refractivity contribution in [2.24, 2.45) is 5.41 Å². The molecule has 1 unspecified atom stereocenters. The number of imide groups is 1. The molecule has 9 nitrogen and oxygen atoms in total. The Bertz CT molecular complexity index is 1180. The van der Waals surface area contributed by atoms with Crippen LogP contribution in [0.4, 0.5) is 4.79 Å². The van der Waals surface area contributed by atoms with Gasteiger partial charge in [-0.25, -0.2) is 17.9 Å². The van der Waals surface area contributed by atoms with Crippen molar-refractivity contribution in [2.75, 3.05) is 6.54 Å². The number of urea groups is 1. The number of carbonyl (C=O) groups is 2. The zero-order valence-corrected chi connectivity index (χ0v) is 19.8. The fraction of sp³-hybridized carbons (Fsp3) is 0.545. The maximum Gasteiger partial charge on any atom is 0.501 e. The van der Waals surface area contributed by atoms with Crippen LogP contribution in [0.3, 0.4) is 0 Å². The molecule has 1 N–H and O–H groups in total. The minimum Gasteiger partial charge on any atom is -0.357 e. The minimum absolute atomic E-state index is 0.0821. The minimum atomic E-state index is -3.72. The maximum absolute atomic E-state index is 13.3. The van der Waals surface area contributed by atoms with Crippen molar-refractivity contribution in [3.63, 3.8) is 0 Å². The highest BCUT2D eigenvalue weighted by atomic mass is 32.2. The van der Waals surface area contributed by atoms with Crippen LogP contribution in [-0.4, -0.2) is 58.0 Å². The fourth-order valence-corrected chi connectivity index (χ4v) is 5.41. The fourth-order valence-electron chi connectivity index (χ4n) is 3.79. The molecule has 3 amide bonds. The number of amides is 3. The van der Waals surface area contributed by atoms with Crippen molar-refractivity contribution in [3.8, 4) is 0 Å². The Morgan fingerprint density at radius 3 is 2.56 bits per heavy atom. The van der Waals surface area contributed by atoms with Gasteiger partial charge in [0.05, 0.1) is 12.2 Å². The topological polar surface area (TPSA) is 113 Å². The van der Waals surface area contributed by atoms with Crippen LogP contribution in [0.2, 0.25) is 0 Å². The van der Waals surface area contributed by atoms with Crippen molar-refractivity contribution in [2.45, 2.75) is 64.8 Å². The summed E-state index contributed by atoms with van der Waals surface area (Å²) in [5.41, 5.74) is 0.590. The molecule has 1 fully saturated rings. The largest absolute Gasteiger partial charge is 0.501 e. The molecular weight excluding hydrogens is 432 g/mol. The van der Waals surface area contributed by atoms with Gasteiger partial charge in [-0.05, 0) is 44.3 Å². The van der Waals surface area contributed by atoms with E-state index in [1.807, 2.05) is 27.7 Å². The number of fused-ring (bicyclic) bond motifs is 1. The number of carbonyl (C=O) groups excluding carboxylic acids is 2. The molecule has 2 aliphatic carbocycles. The smallest absolute Gasteiger partial charge is 0.357 e. The third kappa shape index (κ3) is 4.47. The van der Waals surface area contributed by atoms with Crippen LogP contribution in [-0.2, 0) is 21.4 Å². The zero-order chi connectivity index (χ0) is 23.5. The Kier molecular flexibility index (Phi) is 5.28. The van der Waals surface area contributed by atoms with Gasteiger partial charge in [0.1, 0.15) is 16.5 Å². The van der Waals surface area contributed by atoms with E-state index in [1.54, 1.807) is 19.1 Å². The van der Waals surface area contributed by atoms with Crippen LogP contribution < -0.4 is 4.72 Å². The highest BCUT2D eigenvalue weighted by Crippen LogP contribution is 2.36. The van der Waals surface area contributed by atoms with E-state index in [1.165, 1.54) is 16.7 Å². The first kappa shape index (κ1) is 22.6. The second kappa shape index (κ2) is 7.48. The molecule has 10 heteroatoms. The summed E-state index contributed by atoms with van der Waals surface area (Å²) >= 11 is 0. The van der Waals surface area contributed by atoms with Crippen molar-refractivity contribution in [3.05, 3.63) is 41.3 Å². The number of nitrogens with one attached hydrogen (secondary N) is 1. The van der Waals surface area contributed by atoms with Crippen LogP contribution in [0.15, 0.2) is 34.4 Å². The SMILES string of the molecule is Cc1cc(CN2C(=O)C3=CC(S(=O)(=O)NC4(C)CC4)C=CC3=[N+](CC(C)(C)C)C2=O)on1. The van der Waals surface area contributed by atoms with Crippen LogP contribution in [0.1, 0.15) is 52.0 Å². The standard InChI is InChI=1S/C22H29N4O5S/c1-14-10-15(31-23-14)12-25-19(27)17-11-16(32(29,30)24-22(5)8-9-22)6-7-18(17)26(20(25)28)13-21(2,3)4/h6-7,10-11,16,24H,8-9,12-13H2,1-5H3/q+1. The summed E-state index contributed by atoms with van der Waals surface area (Å²) in [5.74, 6) is -0.172. The molecule has 1 aromatic rings. The Balaban J connectivity index is 1.74. The lowest BCUT2D eigenvalue weighted by molar-refractivity contribution is -0.452. The summed E-state index contributed by atoms with van der Waals surface area (Å²) in [6.45, 7) is 9.86. The van der Waals surface area contributed by atoms with Crippen LogP contribution in [0.25, 0.3) is 0 Å². The van der Waals surface area contributed by atoms with Gasteiger partial charge in [0.15, 0.2) is 12.3 Å². The van der Waals surface area contributed by atoms with E-state index in [4.69, 9.17) is 4.52 Å². The van der Waals surface area contributed by atoms with Gasteiger partial charge in [-0.1, -0.05) is 32.0 Å². The lowest BCUT2D eigenvalue weighted by Crippen LogP contribution is -2.53. The number of nitrogens with zero attached hydrogens (tertiary/aromatic N) is 3. The van der Waals surface area contributed by atoms with Gasteiger partial charge in [-0.15, -0.1) is 4.90 Å². The molecule has 172 valence electrons. The quantitative estimate of drug-likeness (QED) is 0.651. The van der Waals surface area contributed by atoms with Gasteiger partial charge in [0.25, 0.3) is 0 Å². The molecule has 1 aromatic heterocycles. The van der Waals surface area contributed by atoms with Gasteiger partial charge in [-0.3, -0.25) is 0 Å². The average molecular weight is 462 g/mol. The number of hydrogen-bond donors (Lipinski definition) is 1. The lowest BCUT2D eigenvalue weighted by Gasteiger charge is -2.28. The van der Waals surface area contributed by atoms with E-state index in [0.717, 1.165) is 17.7 Å². The van der Waals surface area contributed by atoms with Gasteiger partial charge >= 0.3 is 11.9 Å². The average Bonchev–Trinajstić information content (AvgIpc) is 3.25. The van der Waals surface area contributed by atoms with E-state index in [9.17, 15) is 18.0 Å². The van der Waals surface area contributed by atoms with Gasteiger partial charge in [0.2, 0.25) is 10.0 Å². The Hall–Kier alpha value is -2.59. The molecule has 1 atom stereocenters. The number of hydrogen-bond acceptors (Lipinski definition) is 6. The lowest BCUT2D eigenvalue weighted by atomic mass is 9.94. The van der Waals surface area contributed by atoms with Gasteiger partial charge in [-0.2, -0.15) is 9.37 Å². The summed E-state index contributed by atoms with van der Waals surface area (Å²) in [7, 11) is -3.72. The molecule has 0 saturated heterocycles. The van der Waals surface area contributed by atoms with Gasteiger partial charge < -0.3 is 4.52 Å². The number of rotatable bonds is 6. The van der Waals surface area contributed by atoms with E-state index in [0.29, 0.717) is 23.7 Å². The summed E-state index contributed by atoms with van der Waals surface area (Å²) in [4.78, 5) is 27.7. The van der Waals surface area contributed by atoms with E-state index in [2.05, 4.69) is 9.88 Å². The van der Waals surface area contributed by atoms with Crippen molar-refractivity contribution < 1.29 is 27.1 Å². The van der Waals surface area contributed by atoms with E-state index >= 15 is 0 Å². The Morgan fingerprint density at radius 2 is 2.00 bits per heavy atom.